The second-order valence-electron chi connectivity index (χ2n) is 9.46. The van der Waals surface area contributed by atoms with Crippen LogP contribution in [-0.2, 0) is 34.3 Å². The third-order valence-corrected chi connectivity index (χ3v) is 8.14. The smallest absolute Gasteiger partial charge is 0.346 e. The summed E-state index contributed by atoms with van der Waals surface area (Å²) in [6, 6.07) is 19.9. The van der Waals surface area contributed by atoms with Gasteiger partial charge >= 0.3 is 7.82 Å². The predicted molar refractivity (Wildman–Crippen MR) is 134 cm³/mol. The summed E-state index contributed by atoms with van der Waals surface area (Å²) < 4.78 is 96.4. The molecule has 2 fully saturated rings. The molecule has 2 heterocycles. The van der Waals surface area contributed by atoms with Crippen molar-refractivity contribution in [2.24, 2.45) is 0 Å². The third-order valence-electron chi connectivity index (χ3n) is 7.10. The van der Waals surface area contributed by atoms with Gasteiger partial charge in [-0.05, 0) is 70.8 Å². The SMILES string of the molecule is O=P1(O)OC(c2cccc(F)c2)(c2cccc(F)c2)[C@@H]2OCO[C@H]2C(c2cccc(F)c2)(c2cccc(F)c2)O1. The van der Waals surface area contributed by atoms with Crippen molar-refractivity contribution >= 4 is 7.82 Å². The van der Waals surface area contributed by atoms with Gasteiger partial charge in [0, 0.05) is 0 Å². The molecule has 0 amide bonds. The molecular weight excluding hydrogens is 551 g/mol. The normalized spacial score (nSPS) is 22.8. The first-order chi connectivity index (χ1) is 19.1. The lowest BCUT2D eigenvalue weighted by molar-refractivity contribution is -0.0577. The van der Waals surface area contributed by atoms with Crippen LogP contribution >= 0.6 is 7.82 Å². The van der Waals surface area contributed by atoms with Crippen LogP contribution in [0.5, 0.6) is 0 Å². The van der Waals surface area contributed by atoms with Crippen molar-refractivity contribution < 1.29 is 45.5 Å². The highest BCUT2D eigenvalue weighted by molar-refractivity contribution is 7.47. The molecule has 2 aliphatic rings. The molecule has 2 atom stereocenters. The lowest BCUT2D eigenvalue weighted by atomic mass is 9.72. The maximum atomic E-state index is 14.6. The van der Waals surface area contributed by atoms with Gasteiger partial charge in [-0.15, -0.1) is 0 Å². The Morgan fingerprint density at radius 1 is 0.600 bits per heavy atom. The van der Waals surface area contributed by atoms with Crippen LogP contribution in [0.1, 0.15) is 22.3 Å². The van der Waals surface area contributed by atoms with Crippen LogP contribution in [0.25, 0.3) is 0 Å². The van der Waals surface area contributed by atoms with Crippen molar-refractivity contribution in [1.29, 1.82) is 0 Å². The summed E-state index contributed by atoms with van der Waals surface area (Å²) in [5.41, 5.74) is -4.40. The molecule has 0 radical (unpaired) electrons. The second kappa shape index (κ2) is 9.92. The Morgan fingerprint density at radius 3 is 1.18 bits per heavy atom. The van der Waals surface area contributed by atoms with E-state index >= 15 is 0 Å². The lowest BCUT2D eigenvalue weighted by Crippen LogP contribution is -2.53. The monoisotopic (exact) mass is 572 g/mol. The zero-order valence-corrected chi connectivity index (χ0v) is 21.4. The summed E-state index contributed by atoms with van der Waals surface area (Å²) in [6.07, 6.45) is -2.85. The van der Waals surface area contributed by atoms with Crippen LogP contribution in [0.2, 0.25) is 0 Å². The fraction of sp³-hybridized carbons (Fsp3) is 0.172. The number of halogens is 4. The molecular formula is C29H21F4O6P. The molecule has 0 saturated carbocycles. The molecule has 206 valence electrons. The molecule has 0 aliphatic carbocycles. The molecule has 11 heteroatoms. The minimum absolute atomic E-state index is 0.00856. The van der Waals surface area contributed by atoms with Crippen LogP contribution in [0.4, 0.5) is 17.6 Å². The van der Waals surface area contributed by atoms with E-state index < -0.39 is 61.3 Å². The lowest BCUT2D eigenvalue weighted by Gasteiger charge is -2.41. The van der Waals surface area contributed by atoms with E-state index in [0.29, 0.717) is 0 Å². The first-order valence-corrected chi connectivity index (χ1v) is 13.7. The minimum atomic E-state index is -5.30. The van der Waals surface area contributed by atoms with Gasteiger partial charge in [0.1, 0.15) is 42.3 Å². The zero-order valence-electron chi connectivity index (χ0n) is 20.5. The summed E-state index contributed by atoms with van der Waals surface area (Å²) in [7, 11) is -5.30. The first-order valence-electron chi connectivity index (χ1n) is 12.2. The fourth-order valence-electron chi connectivity index (χ4n) is 5.59. The van der Waals surface area contributed by atoms with E-state index in [1.807, 2.05) is 0 Å². The van der Waals surface area contributed by atoms with Gasteiger partial charge in [-0.3, -0.25) is 9.05 Å². The average Bonchev–Trinajstić information content (AvgIpc) is 3.38. The summed E-state index contributed by atoms with van der Waals surface area (Å²) >= 11 is 0. The van der Waals surface area contributed by atoms with E-state index in [1.165, 1.54) is 48.5 Å². The Labute approximate surface area is 226 Å². The Balaban J connectivity index is 1.71. The van der Waals surface area contributed by atoms with Crippen molar-refractivity contribution in [2.75, 3.05) is 6.79 Å². The standard InChI is InChI=1S/C29H21F4O6P/c30-22-9-1-5-18(13-22)28(19-6-2-10-23(31)14-19)26-27(37-17-36-26)29(39-40(34,35)38-28,20-7-3-11-24(32)15-20)21-8-4-12-25(33)16-21/h1-16,26-27H,17H2,(H,34,35)/t26-,27-/m1/s1. The number of rotatable bonds is 4. The predicted octanol–water partition coefficient (Wildman–Crippen LogP) is 6.32. The van der Waals surface area contributed by atoms with Crippen LogP contribution in [0.3, 0.4) is 0 Å². The van der Waals surface area contributed by atoms with E-state index in [0.717, 1.165) is 48.5 Å². The van der Waals surface area contributed by atoms with Crippen molar-refractivity contribution in [3.8, 4) is 0 Å². The molecule has 0 aromatic heterocycles. The number of phosphoric acid groups is 1. The zero-order chi connectivity index (χ0) is 28.1. The van der Waals surface area contributed by atoms with E-state index in [9.17, 15) is 27.0 Å². The molecule has 0 spiro atoms. The number of fused-ring (bicyclic) bond motifs is 1. The maximum absolute atomic E-state index is 14.6. The van der Waals surface area contributed by atoms with Crippen molar-refractivity contribution in [3.05, 3.63) is 143 Å². The van der Waals surface area contributed by atoms with Gasteiger partial charge in [0.2, 0.25) is 0 Å². The van der Waals surface area contributed by atoms with Gasteiger partial charge in [-0.25, -0.2) is 22.1 Å². The second-order valence-corrected chi connectivity index (χ2v) is 10.8. The average molecular weight is 572 g/mol. The van der Waals surface area contributed by atoms with E-state index in [-0.39, 0.29) is 22.3 Å². The first kappa shape index (κ1) is 26.8. The summed E-state index contributed by atoms with van der Waals surface area (Å²) in [5.74, 6) is -2.86. The fourth-order valence-corrected chi connectivity index (χ4v) is 6.98. The number of phosphoric ester groups is 1. The molecule has 0 bridgehead atoms. The molecule has 2 saturated heterocycles. The van der Waals surface area contributed by atoms with E-state index in [1.54, 1.807) is 0 Å². The van der Waals surface area contributed by atoms with Crippen LogP contribution in [-0.4, -0.2) is 23.9 Å². The minimum Gasteiger partial charge on any atom is -0.346 e. The number of hydrogen-bond acceptors (Lipinski definition) is 5. The van der Waals surface area contributed by atoms with Gasteiger partial charge in [-0.2, -0.15) is 0 Å². The van der Waals surface area contributed by atoms with Crippen LogP contribution in [0, 0.1) is 23.3 Å². The molecule has 0 unspecified atom stereocenters. The van der Waals surface area contributed by atoms with Gasteiger partial charge in [0.25, 0.3) is 0 Å². The number of ether oxygens (including phenoxy) is 2. The largest absolute Gasteiger partial charge is 0.474 e. The van der Waals surface area contributed by atoms with E-state index in [4.69, 9.17) is 18.5 Å². The highest BCUT2D eigenvalue weighted by Gasteiger charge is 2.66. The van der Waals surface area contributed by atoms with Gasteiger partial charge in [0.15, 0.2) is 11.2 Å². The maximum Gasteiger partial charge on any atom is 0.474 e. The summed E-state index contributed by atoms with van der Waals surface area (Å²) in [5, 5.41) is 0. The Kier molecular flexibility index (Phi) is 6.65. The van der Waals surface area contributed by atoms with Gasteiger partial charge < -0.3 is 14.4 Å². The van der Waals surface area contributed by atoms with Crippen molar-refractivity contribution in [1.82, 2.24) is 0 Å². The Hall–Kier alpha value is -3.37. The van der Waals surface area contributed by atoms with Gasteiger partial charge in [-0.1, -0.05) is 48.5 Å². The molecule has 1 N–H and O–H groups in total. The third kappa shape index (κ3) is 4.37. The van der Waals surface area contributed by atoms with Crippen LogP contribution in [0.15, 0.2) is 97.1 Å². The Bertz CT molecular complexity index is 1430. The highest BCUT2D eigenvalue weighted by Crippen LogP contribution is 2.65. The molecule has 6 rings (SSSR count). The molecule has 4 aromatic carbocycles. The van der Waals surface area contributed by atoms with Crippen molar-refractivity contribution in [2.45, 2.75) is 23.4 Å². The number of hydrogen-bond donors (Lipinski definition) is 1. The molecule has 6 nitrogen and oxygen atoms in total. The van der Waals surface area contributed by atoms with Crippen molar-refractivity contribution in [3.63, 3.8) is 0 Å². The Morgan fingerprint density at radius 2 is 0.900 bits per heavy atom. The quantitative estimate of drug-likeness (QED) is 0.228. The van der Waals surface area contributed by atoms with Crippen LogP contribution < -0.4 is 0 Å². The highest BCUT2D eigenvalue weighted by atomic mass is 31.2. The summed E-state index contributed by atoms with van der Waals surface area (Å²) in [4.78, 5) is 11.3. The molecule has 4 aromatic rings. The number of benzene rings is 4. The van der Waals surface area contributed by atoms with Gasteiger partial charge in [0.05, 0.1) is 0 Å². The topological polar surface area (TPSA) is 74.2 Å². The summed E-state index contributed by atoms with van der Waals surface area (Å²) in [6.45, 7) is -0.406. The molecule has 2 aliphatic heterocycles. The molecule has 40 heavy (non-hydrogen) atoms. The van der Waals surface area contributed by atoms with E-state index in [2.05, 4.69) is 0 Å².